The van der Waals surface area contributed by atoms with Gasteiger partial charge >= 0.3 is 0 Å². The van der Waals surface area contributed by atoms with Gasteiger partial charge < -0.3 is 5.32 Å². The van der Waals surface area contributed by atoms with Gasteiger partial charge in [-0.15, -0.1) is 0 Å². The molecule has 1 unspecified atom stereocenters. The lowest BCUT2D eigenvalue weighted by atomic mass is 9.93. The Bertz CT molecular complexity index is 590. The number of halogens is 2. The van der Waals surface area contributed by atoms with Crippen LogP contribution in [0, 0.1) is 13.8 Å². The third-order valence-corrected chi connectivity index (χ3v) is 4.66. The zero-order chi connectivity index (χ0) is 14.7. The summed E-state index contributed by atoms with van der Waals surface area (Å²) in [7, 11) is 2.00. The van der Waals surface area contributed by atoms with Crippen LogP contribution in [-0.4, -0.2) is 7.05 Å². The normalized spacial score (nSPS) is 12.4. The summed E-state index contributed by atoms with van der Waals surface area (Å²) in [4.78, 5) is 0. The summed E-state index contributed by atoms with van der Waals surface area (Å²) >= 11 is 9.64. The van der Waals surface area contributed by atoms with Crippen LogP contribution in [0.2, 0.25) is 5.02 Å². The minimum atomic E-state index is 0.265. The highest BCUT2D eigenvalue weighted by Crippen LogP contribution is 2.30. The third-order valence-electron chi connectivity index (χ3n) is 3.74. The van der Waals surface area contributed by atoms with Crippen molar-refractivity contribution >= 4 is 27.5 Å². The van der Waals surface area contributed by atoms with Crippen molar-refractivity contribution in [2.24, 2.45) is 0 Å². The monoisotopic (exact) mass is 351 g/mol. The number of hydrogen-bond donors (Lipinski definition) is 1. The van der Waals surface area contributed by atoms with Crippen LogP contribution in [0.25, 0.3) is 0 Å². The van der Waals surface area contributed by atoms with E-state index in [-0.39, 0.29) is 6.04 Å². The molecule has 2 aromatic rings. The number of rotatable bonds is 4. The lowest BCUT2D eigenvalue weighted by Crippen LogP contribution is -2.20. The summed E-state index contributed by atoms with van der Waals surface area (Å²) in [5.41, 5.74) is 5.33. The molecule has 0 saturated heterocycles. The fourth-order valence-electron chi connectivity index (χ4n) is 2.53. The van der Waals surface area contributed by atoms with E-state index in [0.29, 0.717) is 0 Å². The minimum Gasteiger partial charge on any atom is -0.313 e. The van der Waals surface area contributed by atoms with Crippen molar-refractivity contribution in [3.63, 3.8) is 0 Å². The maximum Gasteiger partial charge on any atom is 0.0417 e. The van der Waals surface area contributed by atoms with E-state index in [0.717, 1.165) is 15.9 Å². The zero-order valence-corrected chi connectivity index (χ0v) is 14.3. The van der Waals surface area contributed by atoms with Gasteiger partial charge in [0.05, 0.1) is 0 Å². The average Bonchev–Trinajstić information content (AvgIpc) is 2.40. The van der Waals surface area contributed by atoms with Crippen molar-refractivity contribution in [1.29, 1.82) is 0 Å². The first-order valence-electron chi connectivity index (χ1n) is 6.70. The molecule has 1 atom stereocenters. The predicted molar refractivity (Wildman–Crippen MR) is 90.6 cm³/mol. The van der Waals surface area contributed by atoms with Gasteiger partial charge in [0.15, 0.2) is 0 Å². The summed E-state index contributed by atoms with van der Waals surface area (Å²) in [5, 5.41) is 4.16. The van der Waals surface area contributed by atoms with Gasteiger partial charge in [-0.1, -0.05) is 51.8 Å². The molecule has 0 aromatic heterocycles. The molecule has 106 valence electrons. The van der Waals surface area contributed by atoms with Crippen molar-refractivity contribution in [2.45, 2.75) is 26.3 Å². The molecule has 1 N–H and O–H groups in total. The van der Waals surface area contributed by atoms with Gasteiger partial charge in [0, 0.05) is 15.5 Å². The van der Waals surface area contributed by atoms with Gasteiger partial charge in [0.1, 0.15) is 0 Å². The standard InChI is InChI=1S/C17H19BrClN/c1-11-5-4-6-12(2)15(11)10-17(20-3)14-8-7-13(19)9-16(14)18/h4-9,17,20H,10H2,1-3H3. The van der Waals surface area contributed by atoms with Crippen LogP contribution in [0.5, 0.6) is 0 Å². The molecule has 0 aliphatic heterocycles. The van der Waals surface area contributed by atoms with E-state index in [9.17, 15) is 0 Å². The highest BCUT2D eigenvalue weighted by molar-refractivity contribution is 9.10. The summed E-state index contributed by atoms with van der Waals surface area (Å²) in [6, 6.07) is 12.7. The Morgan fingerprint density at radius 3 is 2.35 bits per heavy atom. The van der Waals surface area contributed by atoms with E-state index in [4.69, 9.17) is 11.6 Å². The van der Waals surface area contributed by atoms with Crippen LogP contribution in [0.15, 0.2) is 40.9 Å². The van der Waals surface area contributed by atoms with E-state index in [1.165, 1.54) is 22.3 Å². The van der Waals surface area contributed by atoms with Crippen LogP contribution in [0.3, 0.4) is 0 Å². The van der Waals surface area contributed by atoms with Crippen LogP contribution in [0.4, 0.5) is 0 Å². The van der Waals surface area contributed by atoms with E-state index in [1.807, 2.05) is 19.2 Å². The molecule has 0 aliphatic carbocycles. The van der Waals surface area contributed by atoms with Crippen LogP contribution in [0.1, 0.15) is 28.3 Å². The Balaban J connectivity index is 2.34. The number of nitrogens with one attached hydrogen (secondary N) is 1. The SMILES string of the molecule is CNC(Cc1c(C)cccc1C)c1ccc(Cl)cc1Br. The van der Waals surface area contributed by atoms with Crippen LogP contribution in [-0.2, 0) is 6.42 Å². The molecule has 2 rings (SSSR count). The largest absolute Gasteiger partial charge is 0.313 e. The maximum atomic E-state index is 6.03. The van der Waals surface area contributed by atoms with Crippen molar-refractivity contribution in [2.75, 3.05) is 7.05 Å². The highest BCUT2D eigenvalue weighted by Gasteiger charge is 2.15. The molecule has 20 heavy (non-hydrogen) atoms. The predicted octanol–water partition coefficient (Wildman–Crippen LogP) is 5.22. The summed E-state index contributed by atoms with van der Waals surface area (Å²) in [5.74, 6) is 0. The highest BCUT2D eigenvalue weighted by atomic mass is 79.9. The molecular weight excluding hydrogens is 334 g/mol. The van der Waals surface area contributed by atoms with E-state index in [1.54, 1.807) is 0 Å². The first-order valence-corrected chi connectivity index (χ1v) is 7.87. The molecule has 2 aromatic carbocycles. The Labute approximate surface area is 134 Å². The molecule has 0 radical (unpaired) electrons. The van der Waals surface area contributed by atoms with Crippen LogP contribution >= 0.6 is 27.5 Å². The molecule has 0 saturated carbocycles. The fraction of sp³-hybridized carbons (Fsp3) is 0.294. The van der Waals surface area contributed by atoms with E-state index >= 15 is 0 Å². The van der Waals surface area contributed by atoms with Crippen molar-refractivity contribution in [1.82, 2.24) is 5.32 Å². The lowest BCUT2D eigenvalue weighted by Gasteiger charge is -2.21. The molecule has 0 bridgehead atoms. The number of likely N-dealkylation sites (N-methyl/N-ethyl adjacent to an activating group) is 1. The summed E-state index contributed by atoms with van der Waals surface area (Å²) in [6.07, 6.45) is 0.967. The van der Waals surface area contributed by atoms with E-state index in [2.05, 4.69) is 59.4 Å². The molecule has 0 heterocycles. The van der Waals surface area contributed by atoms with E-state index < -0.39 is 0 Å². The molecular formula is C17H19BrClN. The first kappa shape index (κ1) is 15.6. The number of hydrogen-bond acceptors (Lipinski definition) is 1. The molecule has 0 fully saturated rings. The molecule has 0 amide bonds. The molecule has 0 aliphatic rings. The van der Waals surface area contributed by atoms with Crippen molar-refractivity contribution in [3.05, 3.63) is 68.1 Å². The molecule has 0 spiro atoms. The number of aryl methyl sites for hydroxylation is 2. The Morgan fingerprint density at radius 1 is 1.15 bits per heavy atom. The quantitative estimate of drug-likeness (QED) is 0.795. The van der Waals surface area contributed by atoms with Gasteiger partial charge in [-0.3, -0.25) is 0 Å². The zero-order valence-electron chi connectivity index (χ0n) is 12.0. The van der Waals surface area contributed by atoms with Gasteiger partial charge in [0.25, 0.3) is 0 Å². The fourth-order valence-corrected chi connectivity index (χ4v) is 3.49. The third kappa shape index (κ3) is 3.43. The van der Waals surface area contributed by atoms with Gasteiger partial charge in [-0.2, -0.15) is 0 Å². The van der Waals surface area contributed by atoms with Crippen LogP contribution < -0.4 is 5.32 Å². The van der Waals surface area contributed by atoms with Gasteiger partial charge in [-0.25, -0.2) is 0 Å². The minimum absolute atomic E-state index is 0.265. The van der Waals surface area contributed by atoms with Crippen molar-refractivity contribution < 1.29 is 0 Å². The molecule has 1 nitrogen and oxygen atoms in total. The topological polar surface area (TPSA) is 12.0 Å². The second kappa shape index (κ2) is 6.75. The Morgan fingerprint density at radius 2 is 1.80 bits per heavy atom. The first-order chi connectivity index (χ1) is 9.52. The van der Waals surface area contributed by atoms with Gasteiger partial charge in [-0.05, 0) is 61.7 Å². The van der Waals surface area contributed by atoms with Crippen molar-refractivity contribution in [3.8, 4) is 0 Å². The van der Waals surface area contributed by atoms with Gasteiger partial charge in [0.2, 0.25) is 0 Å². The smallest absolute Gasteiger partial charge is 0.0417 e. The Hall–Kier alpha value is -0.830. The second-order valence-corrected chi connectivity index (χ2v) is 6.37. The summed E-state index contributed by atoms with van der Waals surface area (Å²) in [6.45, 7) is 4.35. The lowest BCUT2D eigenvalue weighted by molar-refractivity contribution is 0.587. The Kier molecular flexibility index (Phi) is 5.25. The second-order valence-electron chi connectivity index (χ2n) is 5.08. The summed E-state index contributed by atoms with van der Waals surface area (Å²) < 4.78 is 1.05. The molecule has 3 heteroatoms. The average molecular weight is 353 g/mol. The number of benzene rings is 2. The maximum absolute atomic E-state index is 6.03.